The van der Waals surface area contributed by atoms with Crippen molar-refractivity contribution in [2.24, 2.45) is 0 Å². The van der Waals surface area contributed by atoms with Gasteiger partial charge in [-0.25, -0.2) is 4.79 Å². The van der Waals surface area contributed by atoms with E-state index in [1.165, 1.54) is 0 Å². The number of benzene rings is 3. The van der Waals surface area contributed by atoms with E-state index in [1.807, 2.05) is 50.2 Å². The Morgan fingerprint density at radius 2 is 1.79 bits per heavy atom. The van der Waals surface area contributed by atoms with Gasteiger partial charge in [0.2, 0.25) is 0 Å². The smallest absolute Gasteiger partial charge is 0.338 e. The molecule has 0 aliphatic carbocycles. The SMILES string of the molecule is CCOC(=O)c1cccc(-c2cc3cc(OCc4c(-c5c(Cl)cccc5Cl)noc4C(C)C)ccc3s2)c1. The predicted octanol–water partition coefficient (Wildman–Crippen LogP) is 9.41. The van der Waals surface area contributed by atoms with Crippen LogP contribution in [0.5, 0.6) is 5.75 Å². The summed E-state index contributed by atoms with van der Waals surface area (Å²) in [5.41, 5.74) is 3.54. The van der Waals surface area contributed by atoms with Gasteiger partial charge in [-0.15, -0.1) is 11.3 Å². The molecule has 0 unspecified atom stereocenters. The second kappa shape index (κ2) is 11.2. The third kappa shape index (κ3) is 5.30. The summed E-state index contributed by atoms with van der Waals surface area (Å²) in [5.74, 6) is 1.23. The number of carbonyl (C=O) groups is 1. The van der Waals surface area contributed by atoms with Gasteiger partial charge in [-0.05, 0) is 66.4 Å². The van der Waals surface area contributed by atoms with Crippen molar-refractivity contribution < 1.29 is 18.8 Å². The first kappa shape index (κ1) is 26.3. The number of esters is 1. The zero-order valence-electron chi connectivity index (χ0n) is 21.1. The highest BCUT2D eigenvalue weighted by molar-refractivity contribution is 7.22. The normalized spacial score (nSPS) is 11.3. The zero-order valence-corrected chi connectivity index (χ0v) is 23.4. The van der Waals surface area contributed by atoms with E-state index >= 15 is 0 Å². The molecule has 8 heteroatoms. The molecule has 0 atom stereocenters. The number of ether oxygens (including phenoxy) is 2. The maximum absolute atomic E-state index is 12.2. The number of hydrogen-bond donors (Lipinski definition) is 0. The Bertz CT molecular complexity index is 1600. The monoisotopic (exact) mass is 565 g/mol. The fourth-order valence-electron chi connectivity index (χ4n) is 4.26. The number of halogens is 2. The lowest BCUT2D eigenvalue weighted by Gasteiger charge is -2.11. The molecule has 0 saturated heterocycles. The molecule has 0 N–H and O–H groups in total. The van der Waals surface area contributed by atoms with Crippen LogP contribution < -0.4 is 4.74 Å². The summed E-state index contributed by atoms with van der Waals surface area (Å²) in [5, 5.41) is 6.36. The van der Waals surface area contributed by atoms with Crippen molar-refractivity contribution >= 4 is 50.6 Å². The molecular formula is C30H25Cl2NO4S. The van der Waals surface area contributed by atoms with E-state index in [2.05, 4.69) is 11.2 Å². The lowest BCUT2D eigenvalue weighted by molar-refractivity contribution is 0.0526. The summed E-state index contributed by atoms with van der Waals surface area (Å²) >= 11 is 14.6. The average Bonchev–Trinajstić information content (AvgIpc) is 3.52. The van der Waals surface area contributed by atoms with Crippen LogP contribution in [0.15, 0.2) is 71.3 Å². The topological polar surface area (TPSA) is 61.6 Å². The molecule has 2 heterocycles. The minimum atomic E-state index is -0.321. The van der Waals surface area contributed by atoms with Crippen molar-refractivity contribution in [2.45, 2.75) is 33.3 Å². The number of thiophene rings is 1. The van der Waals surface area contributed by atoms with Gasteiger partial charge in [0, 0.05) is 21.1 Å². The molecule has 0 aliphatic rings. The van der Waals surface area contributed by atoms with Crippen molar-refractivity contribution in [3.05, 3.63) is 93.7 Å². The molecule has 5 nitrogen and oxygen atoms in total. The van der Waals surface area contributed by atoms with E-state index in [1.54, 1.807) is 42.5 Å². The van der Waals surface area contributed by atoms with E-state index in [9.17, 15) is 4.79 Å². The maximum atomic E-state index is 12.2. The zero-order chi connectivity index (χ0) is 26.8. The Morgan fingerprint density at radius 1 is 1.03 bits per heavy atom. The first-order valence-corrected chi connectivity index (χ1v) is 13.8. The lowest BCUT2D eigenvalue weighted by atomic mass is 10.0. The molecule has 0 amide bonds. The van der Waals surface area contributed by atoms with Crippen LogP contribution in [0.4, 0.5) is 0 Å². The van der Waals surface area contributed by atoms with Crippen molar-refractivity contribution in [1.29, 1.82) is 0 Å². The van der Waals surface area contributed by atoms with Gasteiger partial charge < -0.3 is 14.0 Å². The maximum Gasteiger partial charge on any atom is 0.338 e. The van der Waals surface area contributed by atoms with Crippen LogP contribution in [-0.4, -0.2) is 17.7 Å². The van der Waals surface area contributed by atoms with Crippen LogP contribution in [0.25, 0.3) is 31.8 Å². The van der Waals surface area contributed by atoms with Crippen molar-refractivity contribution in [3.63, 3.8) is 0 Å². The van der Waals surface area contributed by atoms with E-state index in [0.717, 1.165) is 31.9 Å². The van der Waals surface area contributed by atoms with E-state index in [0.29, 0.717) is 39.2 Å². The number of hydrogen-bond acceptors (Lipinski definition) is 6. The summed E-state index contributed by atoms with van der Waals surface area (Å²) in [4.78, 5) is 13.2. The third-order valence-electron chi connectivity index (χ3n) is 6.07. The summed E-state index contributed by atoms with van der Waals surface area (Å²) in [6, 6.07) is 20.9. The van der Waals surface area contributed by atoms with Crippen molar-refractivity contribution in [3.8, 4) is 27.4 Å². The summed E-state index contributed by atoms with van der Waals surface area (Å²) in [6.45, 7) is 6.47. The van der Waals surface area contributed by atoms with Gasteiger partial charge in [0.25, 0.3) is 0 Å². The minimum absolute atomic E-state index is 0.100. The number of rotatable bonds is 8. The summed E-state index contributed by atoms with van der Waals surface area (Å²) in [6.07, 6.45) is 0. The average molecular weight is 567 g/mol. The first-order chi connectivity index (χ1) is 18.4. The number of fused-ring (bicyclic) bond motifs is 1. The van der Waals surface area contributed by atoms with Crippen LogP contribution in [0.2, 0.25) is 10.0 Å². The van der Waals surface area contributed by atoms with Crippen LogP contribution >= 0.6 is 34.5 Å². The quantitative estimate of drug-likeness (QED) is 0.175. The third-order valence-corrected chi connectivity index (χ3v) is 7.87. The Labute approximate surface area is 234 Å². The Kier molecular flexibility index (Phi) is 7.75. The van der Waals surface area contributed by atoms with Gasteiger partial charge in [0.1, 0.15) is 23.8 Å². The van der Waals surface area contributed by atoms with Crippen LogP contribution in [0, 0.1) is 0 Å². The molecule has 38 heavy (non-hydrogen) atoms. The molecule has 0 fully saturated rings. The molecule has 3 aromatic carbocycles. The second-order valence-electron chi connectivity index (χ2n) is 9.03. The van der Waals surface area contributed by atoms with Gasteiger partial charge >= 0.3 is 5.97 Å². The number of aromatic nitrogens is 1. The summed E-state index contributed by atoms with van der Waals surface area (Å²) < 4.78 is 18.2. The standard InChI is InChI=1S/C30H25Cl2NO4S/c1-4-35-30(34)19-8-5-7-18(13-19)26-15-20-14-21(11-12-25(20)38-26)36-16-22-28(33-37-29(22)17(2)3)27-23(31)9-6-10-24(27)32/h5-15,17H,4,16H2,1-3H3. The van der Waals surface area contributed by atoms with Crippen LogP contribution in [0.3, 0.4) is 0 Å². The highest BCUT2D eigenvalue weighted by Crippen LogP contribution is 2.40. The van der Waals surface area contributed by atoms with Crippen molar-refractivity contribution in [2.75, 3.05) is 6.61 Å². The highest BCUT2D eigenvalue weighted by atomic mass is 35.5. The number of nitrogens with zero attached hydrogens (tertiary/aromatic N) is 1. The van der Waals surface area contributed by atoms with E-state index in [-0.39, 0.29) is 18.5 Å². The van der Waals surface area contributed by atoms with E-state index in [4.69, 9.17) is 37.2 Å². The Balaban J connectivity index is 1.42. The largest absolute Gasteiger partial charge is 0.489 e. The minimum Gasteiger partial charge on any atom is -0.489 e. The van der Waals surface area contributed by atoms with E-state index < -0.39 is 0 Å². The molecule has 0 radical (unpaired) electrons. The molecule has 0 spiro atoms. The molecule has 5 aromatic rings. The van der Waals surface area contributed by atoms with Crippen LogP contribution in [-0.2, 0) is 11.3 Å². The lowest BCUT2D eigenvalue weighted by Crippen LogP contribution is -2.04. The second-order valence-corrected chi connectivity index (χ2v) is 10.9. The van der Waals surface area contributed by atoms with Gasteiger partial charge in [-0.1, -0.05) is 60.4 Å². The molecule has 0 aliphatic heterocycles. The van der Waals surface area contributed by atoms with Crippen LogP contribution in [0.1, 0.15) is 48.4 Å². The predicted molar refractivity (Wildman–Crippen MR) is 154 cm³/mol. The fourth-order valence-corrected chi connectivity index (χ4v) is 5.87. The first-order valence-electron chi connectivity index (χ1n) is 12.2. The fraction of sp³-hybridized carbons (Fsp3) is 0.200. The molecule has 0 bridgehead atoms. The van der Waals surface area contributed by atoms with Gasteiger partial charge in [0.05, 0.1) is 27.8 Å². The highest BCUT2D eigenvalue weighted by Gasteiger charge is 2.24. The molecule has 2 aromatic heterocycles. The van der Waals surface area contributed by atoms with Gasteiger partial charge in [-0.2, -0.15) is 0 Å². The van der Waals surface area contributed by atoms with Crippen molar-refractivity contribution in [1.82, 2.24) is 5.16 Å². The Morgan fingerprint density at radius 3 is 2.53 bits per heavy atom. The molecule has 5 rings (SSSR count). The molecule has 0 saturated carbocycles. The summed E-state index contributed by atoms with van der Waals surface area (Å²) in [7, 11) is 0. The number of carbonyl (C=O) groups excluding carboxylic acids is 1. The molecular weight excluding hydrogens is 541 g/mol. The van der Waals surface area contributed by atoms with Gasteiger partial charge in [0.15, 0.2) is 0 Å². The molecule has 194 valence electrons. The van der Waals surface area contributed by atoms with Gasteiger partial charge in [-0.3, -0.25) is 0 Å². The Hall–Kier alpha value is -3.32.